The maximum Gasteiger partial charge on any atom is 0.338 e. The predicted molar refractivity (Wildman–Crippen MR) is 122 cm³/mol. The van der Waals surface area contributed by atoms with Crippen molar-refractivity contribution in [2.24, 2.45) is 0 Å². The Morgan fingerprint density at radius 3 is 2.61 bits per heavy atom. The van der Waals surface area contributed by atoms with E-state index in [2.05, 4.69) is 30.6 Å². The standard InChI is InChI=1S/C24H20N6O3/c31-13-20(15-5-2-1-3-6-15)29-22-19(21-25-9-4-10-26-21)12-27-24(30-22)28-17-7-8-18-16(11-17)14-33-23(18)32/h1-12,20,31H,13-14H2,(H2,27,28,29,30)/t20-/m1/s1. The Kier molecular flexibility index (Phi) is 5.61. The number of cyclic esters (lactones) is 1. The largest absolute Gasteiger partial charge is 0.457 e. The van der Waals surface area contributed by atoms with E-state index < -0.39 is 0 Å². The van der Waals surface area contributed by atoms with Crippen LogP contribution in [0.4, 0.5) is 17.5 Å². The molecule has 2 aromatic carbocycles. The number of aliphatic hydroxyl groups is 1. The second kappa shape index (κ2) is 9.01. The van der Waals surface area contributed by atoms with Gasteiger partial charge in [0.1, 0.15) is 12.4 Å². The first-order valence-electron chi connectivity index (χ1n) is 10.3. The Balaban J connectivity index is 1.48. The van der Waals surface area contributed by atoms with Crippen molar-refractivity contribution in [3.05, 3.63) is 89.9 Å². The number of fused-ring (bicyclic) bond motifs is 1. The number of anilines is 3. The van der Waals surface area contributed by atoms with Crippen LogP contribution in [0.3, 0.4) is 0 Å². The third-order valence-corrected chi connectivity index (χ3v) is 5.23. The first kappa shape index (κ1) is 20.5. The summed E-state index contributed by atoms with van der Waals surface area (Å²) in [4.78, 5) is 29.4. The molecule has 0 unspecified atom stereocenters. The second-order valence-electron chi connectivity index (χ2n) is 7.39. The van der Waals surface area contributed by atoms with E-state index in [0.717, 1.165) is 16.8 Å². The molecular formula is C24H20N6O3. The van der Waals surface area contributed by atoms with Gasteiger partial charge in [-0.2, -0.15) is 4.98 Å². The molecule has 9 nitrogen and oxygen atoms in total. The van der Waals surface area contributed by atoms with Crippen molar-refractivity contribution in [1.29, 1.82) is 0 Å². The fourth-order valence-electron chi connectivity index (χ4n) is 3.58. The summed E-state index contributed by atoms with van der Waals surface area (Å²) >= 11 is 0. The number of nitrogens with one attached hydrogen (secondary N) is 2. The Hall–Kier alpha value is -4.37. The van der Waals surface area contributed by atoms with Crippen LogP contribution in [-0.2, 0) is 11.3 Å². The van der Waals surface area contributed by atoms with Gasteiger partial charge in [0.05, 0.1) is 23.8 Å². The minimum absolute atomic E-state index is 0.134. The summed E-state index contributed by atoms with van der Waals surface area (Å²) in [5, 5.41) is 16.5. The molecule has 9 heteroatoms. The van der Waals surface area contributed by atoms with Crippen LogP contribution in [0.25, 0.3) is 11.4 Å². The van der Waals surface area contributed by atoms with Crippen LogP contribution in [0, 0.1) is 0 Å². The lowest BCUT2D eigenvalue weighted by Crippen LogP contribution is -2.17. The minimum atomic E-state index is -0.389. The number of ether oxygens (including phenoxy) is 1. The lowest BCUT2D eigenvalue weighted by Gasteiger charge is -2.19. The number of rotatable bonds is 7. The number of hydrogen-bond donors (Lipinski definition) is 3. The van der Waals surface area contributed by atoms with E-state index in [1.165, 1.54) is 0 Å². The van der Waals surface area contributed by atoms with Gasteiger partial charge >= 0.3 is 5.97 Å². The summed E-state index contributed by atoms with van der Waals surface area (Å²) in [7, 11) is 0. The van der Waals surface area contributed by atoms with Gasteiger partial charge in [-0.3, -0.25) is 0 Å². The molecule has 1 atom stereocenters. The molecule has 33 heavy (non-hydrogen) atoms. The average molecular weight is 440 g/mol. The maximum absolute atomic E-state index is 11.7. The number of aromatic nitrogens is 4. The summed E-state index contributed by atoms with van der Waals surface area (Å²) < 4.78 is 5.06. The molecule has 1 aliphatic rings. The zero-order valence-electron chi connectivity index (χ0n) is 17.5. The van der Waals surface area contributed by atoms with E-state index in [9.17, 15) is 9.90 Å². The van der Waals surface area contributed by atoms with E-state index in [1.54, 1.807) is 36.8 Å². The molecule has 0 amide bonds. The van der Waals surface area contributed by atoms with Gasteiger partial charge in [0.25, 0.3) is 0 Å². The van der Waals surface area contributed by atoms with Crippen LogP contribution in [0.2, 0.25) is 0 Å². The summed E-state index contributed by atoms with van der Waals surface area (Å²) in [5.41, 5.74) is 3.61. The highest BCUT2D eigenvalue weighted by molar-refractivity contribution is 5.94. The van der Waals surface area contributed by atoms with Crippen LogP contribution < -0.4 is 10.6 Å². The van der Waals surface area contributed by atoms with E-state index in [1.807, 2.05) is 36.4 Å². The fourth-order valence-corrected chi connectivity index (χ4v) is 3.58. The van der Waals surface area contributed by atoms with Crippen molar-refractivity contribution in [3.8, 4) is 11.4 Å². The molecule has 0 spiro atoms. The highest BCUT2D eigenvalue weighted by Gasteiger charge is 2.21. The lowest BCUT2D eigenvalue weighted by atomic mass is 10.1. The topological polar surface area (TPSA) is 122 Å². The third kappa shape index (κ3) is 4.35. The molecule has 0 bridgehead atoms. The van der Waals surface area contributed by atoms with Crippen LogP contribution in [0.1, 0.15) is 27.5 Å². The van der Waals surface area contributed by atoms with E-state index in [0.29, 0.717) is 28.7 Å². The van der Waals surface area contributed by atoms with Gasteiger partial charge in [-0.05, 0) is 29.8 Å². The number of carbonyl (C=O) groups is 1. The van der Waals surface area contributed by atoms with Crippen LogP contribution in [0.5, 0.6) is 0 Å². The molecule has 0 saturated heterocycles. The molecule has 0 radical (unpaired) electrons. The van der Waals surface area contributed by atoms with Crippen LogP contribution in [-0.4, -0.2) is 37.6 Å². The molecule has 4 aromatic rings. The molecule has 0 saturated carbocycles. The Bertz CT molecular complexity index is 1280. The van der Waals surface area contributed by atoms with Crippen molar-refractivity contribution in [3.63, 3.8) is 0 Å². The summed E-state index contributed by atoms with van der Waals surface area (Å²) in [6.45, 7) is 0.113. The van der Waals surface area contributed by atoms with Gasteiger partial charge in [-0.15, -0.1) is 0 Å². The Morgan fingerprint density at radius 2 is 1.82 bits per heavy atom. The third-order valence-electron chi connectivity index (χ3n) is 5.23. The maximum atomic E-state index is 11.7. The SMILES string of the molecule is O=C1OCc2cc(Nc3ncc(-c4ncccn4)c(N[C@H](CO)c4ccccc4)n3)ccc21. The predicted octanol–water partition coefficient (Wildman–Crippen LogP) is 3.49. The van der Waals surface area contributed by atoms with E-state index in [-0.39, 0.29) is 25.2 Å². The molecule has 1 aliphatic heterocycles. The van der Waals surface area contributed by atoms with Gasteiger partial charge in [-0.25, -0.2) is 19.7 Å². The Morgan fingerprint density at radius 1 is 1.00 bits per heavy atom. The van der Waals surface area contributed by atoms with Gasteiger partial charge in [-0.1, -0.05) is 30.3 Å². The van der Waals surface area contributed by atoms with E-state index in [4.69, 9.17) is 4.74 Å². The zero-order chi connectivity index (χ0) is 22.6. The molecular weight excluding hydrogens is 420 g/mol. The number of hydrogen-bond acceptors (Lipinski definition) is 9. The summed E-state index contributed by atoms with van der Waals surface area (Å²) in [5.74, 6) is 0.959. The molecule has 5 rings (SSSR count). The number of benzene rings is 2. The van der Waals surface area contributed by atoms with Gasteiger partial charge in [0.2, 0.25) is 5.95 Å². The van der Waals surface area contributed by atoms with Crippen molar-refractivity contribution >= 4 is 23.4 Å². The van der Waals surface area contributed by atoms with Crippen molar-refractivity contribution in [2.45, 2.75) is 12.6 Å². The molecule has 3 N–H and O–H groups in total. The first-order chi connectivity index (χ1) is 16.2. The van der Waals surface area contributed by atoms with Crippen molar-refractivity contribution in [2.75, 3.05) is 17.2 Å². The molecule has 0 aliphatic carbocycles. The zero-order valence-corrected chi connectivity index (χ0v) is 17.5. The quantitative estimate of drug-likeness (QED) is 0.371. The number of esters is 1. The highest BCUT2D eigenvalue weighted by Crippen LogP contribution is 2.29. The molecule has 164 valence electrons. The summed E-state index contributed by atoms with van der Waals surface area (Å²) in [6.07, 6.45) is 4.92. The summed E-state index contributed by atoms with van der Waals surface area (Å²) in [6, 6.07) is 16.3. The van der Waals surface area contributed by atoms with Crippen molar-refractivity contribution < 1.29 is 14.6 Å². The van der Waals surface area contributed by atoms with Crippen LogP contribution >= 0.6 is 0 Å². The minimum Gasteiger partial charge on any atom is -0.457 e. The molecule has 3 heterocycles. The van der Waals surface area contributed by atoms with Gasteiger partial charge < -0.3 is 20.5 Å². The molecule has 2 aromatic heterocycles. The smallest absolute Gasteiger partial charge is 0.338 e. The second-order valence-corrected chi connectivity index (χ2v) is 7.39. The molecule has 0 fully saturated rings. The monoisotopic (exact) mass is 440 g/mol. The van der Waals surface area contributed by atoms with Gasteiger partial charge in [0.15, 0.2) is 5.82 Å². The van der Waals surface area contributed by atoms with Gasteiger partial charge in [0, 0.05) is 29.8 Å². The van der Waals surface area contributed by atoms with Crippen molar-refractivity contribution in [1.82, 2.24) is 19.9 Å². The van der Waals surface area contributed by atoms with Crippen LogP contribution in [0.15, 0.2) is 73.2 Å². The normalized spacial score (nSPS) is 13.2. The fraction of sp³-hybridized carbons (Fsp3) is 0.125. The number of aliphatic hydroxyl groups excluding tert-OH is 1. The average Bonchev–Trinajstić information content (AvgIpc) is 3.23. The Labute approximate surface area is 189 Å². The number of carbonyl (C=O) groups excluding carboxylic acids is 1. The lowest BCUT2D eigenvalue weighted by molar-refractivity contribution is 0.0535. The van der Waals surface area contributed by atoms with E-state index >= 15 is 0 Å². The highest BCUT2D eigenvalue weighted by atomic mass is 16.5. The first-order valence-corrected chi connectivity index (χ1v) is 10.3. The number of nitrogens with zero attached hydrogens (tertiary/aromatic N) is 4.